The number of rotatable bonds is 4. The van der Waals surface area contributed by atoms with Gasteiger partial charge in [-0.15, -0.1) is 10.2 Å². The molecule has 4 aromatic carbocycles. The molecule has 0 radical (unpaired) electrons. The molecular weight excluding hydrogens is 482 g/mol. The number of ether oxygens (including phenoxy) is 1. The predicted octanol–water partition coefficient (Wildman–Crippen LogP) is 5.67. The first-order valence-corrected chi connectivity index (χ1v) is 11.5. The number of carbonyl (C=O) groups excluding carboxylic acids is 1. The number of thiocarbonyl (C=S) groups is 1. The number of benzene rings is 4. The van der Waals surface area contributed by atoms with Gasteiger partial charge in [0.25, 0.3) is 5.91 Å². The number of hydrogen-bond donors (Lipinski definition) is 2. The van der Waals surface area contributed by atoms with E-state index < -0.39 is 0 Å². The number of anilines is 1. The Kier molecular flexibility index (Phi) is 6.07. The second-order valence-corrected chi connectivity index (χ2v) is 8.75. The Morgan fingerprint density at radius 3 is 2.46 bits per heavy atom. The van der Waals surface area contributed by atoms with Crippen LogP contribution in [0.15, 0.2) is 72.8 Å². The molecule has 2 N–H and O–H groups in total. The van der Waals surface area contributed by atoms with Gasteiger partial charge in [0.2, 0.25) is 0 Å². The van der Waals surface area contributed by atoms with Crippen molar-refractivity contribution in [1.82, 2.24) is 20.3 Å². The number of nitrogens with zero attached hydrogens (tertiary/aromatic N) is 3. The molecule has 5 aromatic rings. The topological polar surface area (TPSA) is 81.1 Å². The summed E-state index contributed by atoms with van der Waals surface area (Å²) >= 11 is 11.6. The van der Waals surface area contributed by atoms with E-state index in [0.29, 0.717) is 33.1 Å². The number of amides is 1. The van der Waals surface area contributed by atoms with Crippen molar-refractivity contribution in [3.8, 4) is 11.4 Å². The third-order valence-electron chi connectivity index (χ3n) is 5.58. The Morgan fingerprint density at radius 1 is 0.971 bits per heavy atom. The molecule has 1 amide bonds. The molecule has 1 aromatic heterocycles. The molecule has 0 saturated carbocycles. The van der Waals surface area contributed by atoms with E-state index >= 15 is 0 Å². The number of halogens is 1. The van der Waals surface area contributed by atoms with Gasteiger partial charge in [0.15, 0.2) is 5.11 Å². The molecule has 0 bridgehead atoms. The van der Waals surface area contributed by atoms with Gasteiger partial charge in [0.05, 0.1) is 17.8 Å². The van der Waals surface area contributed by atoms with Gasteiger partial charge in [-0.2, -0.15) is 4.80 Å². The maximum absolute atomic E-state index is 12.7. The van der Waals surface area contributed by atoms with Crippen molar-refractivity contribution in [1.29, 1.82) is 0 Å². The van der Waals surface area contributed by atoms with E-state index in [1.54, 1.807) is 25.3 Å². The monoisotopic (exact) mass is 501 g/mol. The summed E-state index contributed by atoms with van der Waals surface area (Å²) < 4.78 is 5.21. The van der Waals surface area contributed by atoms with Gasteiger partial charge in [0, 0.05) is 11.3 Å². The summed E-state index contributed by atoms with van der Waals surface area (Å²) in [6.07, 6.45) is 0. The zero-order chi connectivity index (χ0) is 24.5. The fourth-order valence-corrected chi connectivity index (χ4v) is 4.21. The number of hydrogen-bond acceptors (Lipinski definition) is 5. The Morgan fingerprint density at radius 2 is 1.71 bits per heavy atom. The second kappa shape index (κ2) is 9.32. The quantitative estimate of drug-likeness (QED) is 0.309. The molecule has 0 spiro atoms. The summed E-state index contributed by atoms with van der Waals surface area (Å²) in [4.78, 5) is 14.2. The minimum Gasteiger partial charge on any atom is -0.495 e. The van der Waals surface area contributed by atoms with Crippen LogP contribution in [-0.4, -0.2) is 33.1 Å². The van der Waals surface area contributed by atoms with Crippen LogP contribution in [0.25, 0.3) is 27.5 Å². The largest absolute Gasteiger partial charge is 0.495 e. The van der Waals surface area contributed by atoms with Crippen LogP contribution < -0.4 is 15.4 Å². The van der Waals surface area contributed by atoms with E-state index in [2.05, 4.69) is 20.8 Å². The Labute approximate surface area is 211 Å². The van der Waals surface area contributed by atoms with E-state index in [0.717, 1.165) is 22.0 Å². The average molecular weight is 502 g/mol. The average Bonchev–Trinajstić information content (AvgIpc) is 3.26. The fraction of sp³-hybridized carbons (Fsp3) is 0.0769. The maximum atomic E-state index is 12.7. The van der Waals surface area contributed by atoms with Gasteiger partial charge in [-0.05, 0) is 77.9 Å². The molecule has 0 aliphatic heterocycles. The van der Waals surface area contributed by atoms with E-state index in [-0.39, 0.29) is 11.0 Å². The van der Waals surface area contributed by atoms with Crippen LogP contribution in [0.1, 0.15) is 15.9 Å². The summed E-state index contributed by atoms with van der Waals surface area (Å²) in [6, 6.07) is 22.5. The Bertz CT molecular complexity index is 1610. The highest BCUT2D eigenvalue weighted by molar-refractivity contribution is 7.80. The summed E-state index contributed by atoms with van der Waals surface area (Å²) in [5, 5.41) is 17.7. The lowest BCUT2D eigenvalue weighted by atomic mass is 10.1. The zero-order valence-corrected chi connectivity index (χ0v) is 20.4. The smallest absolute Gasteiger partial charge is 0.257 e. The molecule has 0 unspecified atom stereocenters. The van der Waals surface area contributed by atoms with Crippen LogP contribution in [-0.2, 0) is 0 Å². The van der Waals surface area contributed by atoms with Gasteiger partial charge < -0.3 is 10.1 Å². The van der Waals surface area contributed by atoms with Gasteiger partial charge in [0.1, 0.15) is 16.8 Å². The van der Waals surface area contributed by atoms with E-state index in [4.69, 9.17) is 28.6 Å². The van der Waals surface area contributed by atoms with Crippen LogP contribution in [0.5, 0.6) is 5.75 Å². The highest BCUT2D eigenvalue weighted by atomic mass is 35.5. The first kappa shape index (κ1) is 22.8. The summed E-state index contributed by atoms with van der Waals surface area (Å²) in [5.41, 5.74) is 4.24. The molecule has 9 heteroatoms. The molecule has 0 saturated heterocycles. The van der Waals surface area contributed by atoms with E-state index in [1.807, 2.05) is 61.5 Å². The van der Waals surface area contributed by atoms with Crippen molar-refractivity contribution in [2.75, 3.05) is 12.4 Å². The molecule has 0 fully saturated rings. The lowest BCUT2D eigenvalue weighted by Crippen LogP contribution is -2.34. The number of methoxy groups -OCH3 is 1. The molecule has 0 atom stereocenters. The van der Waals surface area contributed by atoms with E-state index in [1.165, 1.54) is 4.80 Å². The molecule has 0 aliphatic carbocycles. The van der Waals surface area contributed by atoms with Crippen molar-refractivity contribution in [3.05, 3.63) is 88.9 Å². The van der Waals surface area contributed by atoms with Crippen LogP contribution in [0, 0.1) is 6.92 Å². The normalized spacial score (nSPS) is 10.9. The van der Waals surface area contributed by atoms with Gasteiger partial charge in [-0.1, -0.05) is 41.9 Å². The fourth-order valence-electron chi connectivity index (χ4n) is 3.76. The molecule has 35 heavy (non-hydrogen) atoms. The van der Waals surface area contributed by atoms with Gasteiger partial charge >= 0.3 is 0 Å². The first-order chi connectivity index (χ1) is 16.9. The SMILES string of the molecule is COc1ccc(-n2nc3cc(C)c(NC(=S)NC(=O)c4ccc5ccccc5c4)cc3n2)cc1Cl. The number of nitrogens with one attached hydrogen (secondary N) is 2. The molecule has 7 nitrogen and oxygen atoms in total. The minimum atomic E-state index is -0.283. The van der Waals surface area contributed by atoms with Crippen LogP contribution >= 0.6 is 23.8 Å². The predicted molar refractivity (Wildman–Crippen MR) is 143 cm³/mol. The minimum absolute atomic E-state index is 0.194. The third-order valence-corrected chi connectivity index (χ3v) is 6.08. The standard InChI is InChI=1S/C26H20ClN5O2S/c1-15-11-22-23(31-32(30-22)19-9-10-24(34-2)20(27)13-19)14-21(15)28-26(35)29-25(33)18-8-7-16-5-3-4-6-17(16)12-18/h3-14H,1-2H3,(H2,28,29,33,35). The lowest BCUT2D eigenvalue weighted by Gasteiger charge is -2.12. The third kappa shape index (κ3) is 4.66. The van der Waals surface area contributed by atoms with Crippen LogP contribution in [0.4, 0.5) is 5.69 Å². The van der Waals surface area contributed by atoms with E-state index in [9.17, 15) is 4.79 Å². The number of carbonyl (C=O) groups is 1. The molecule has 0 aliphatic rings. The summed E-state index contributed by atoms with van der Waals surface area (Å²) in [6.45, 7) is 1.93. The second-order valence-electron chi connectivity index (χ2n) is 7.93. The van der Waals surface area contributed by atoms with Crippen molar-refractivity contribution in [2.45, 2.75) is 6.92 Å². The van der Waals surface area contributed by atoms with Gasteiger partial charge in [-0.3, -0.25) is 10.1 Å². The van der Waals surface area contributed by atoms with Gasteiger partial charge in [-0.25, -0.2) is 0 Å². The number of aromatic nitrogens is 3. The van der Waals surface area contributed by atoms with Crippen LogP contribution in [0.3, 0.4) is 0 Å². The highest BCUT2D eigenvalue weighted by Crippen LogP contribution is 2.27. The highest BCUT2D eigenvalue weighted by Gasteiger charge is 2.13. The maximum Gasteiger partial charge on any atom is 0.257 e. The first-order valence-electron chi connectivity index (χ1n) is 10.7. The molecule has 1 heterocycles. The lowest BCUT2D eigenvalue weighted by molar-refractivity contribution is 0.0978. The Hall–Kier alpha value is -4.01. The zero-order valence-electron chi connectivity index (χ0n) is 18.9. The number of fused-ring (bicyclic) bond motifs is 2. The Balaban J connectivity index is 1.34. The summed E-state index contributed by atoms with van der Waals surface area (Å²) in [5.74, 6) is 0.294. The molecule has 5 rings (SSSR count). The molecule has 174 valence electrons. The van der Waals surface area contributed by atoms with Crippen molar-refractivity contribution < 1.29 is 9.53 Å². The van der Waals surface area contributed by atoms with Crippen molar-refractivity contribution in [3.63, 3.8) is 0 Å². The van der Waals surface area contributed by atoms with Crippen LogP contribution in [0.2, 0.25) is 5.02 Å². The van der Waals surface area contributed by atoms with Crippen molar-refractivity contribution in [2.24, 2.45) is 0 Å². The summed E-state index contributed by atoms with van der Waals surface area (Å²) in [7, 11) is 1.56. The number of aryl methyl sites for hydroxylation is 1. The van der Waals surface area contributed by atoms with Crippen molar-refractivity contribution >= 4 is 62.3 Å². The molecular formula is C26H20ClN5O2S.